The summed E-state index contributed by atoms with van der Waals surface area (Å²) in [7, 11) is 0. The number of morpholine rings is 1. The second-order valence-corrected chi connectivity index (χ2v) is 5.69. The zero-order valence-corrected chi connectivity index (χ0v) is 12.1. The van der Waals surface area contributed by atoms with Gasteiger partial charge in [0.05, 0.1) is 29.2 Å². The van der Waals surface area contributed by atoms with Gasteiger partial charge in [-0.05, 0) is 18.9 Å². The van der Waals surface area contributed by atoms with Crippen LogP contribution in [0.25, 0.3) is 0 Å². The lowest BCUT2D eigenvalue weighted by Crippen LogP contribution is -2.54. The first-order valence-corrected chi connectivity index (χ1v) is 7.48. The highest BCUT2D eigenvalue weighted by Crippen LogP contribution is 2.33. The van der Waals surface area contributed by atoms with Gasteiger partial charge in [0.25, 0.3) is 5.91 Å². The van der Waals surface area contributed by atoms with Gasteiger partial charge in [0.2, 0.25) is 5.75 Å². The van der Waals surface area contributed by atoms with Crippen molar-refractivity contribution in [1.82, 2.24) is 4.90 Å². The molecule has 0 bridgehead atoms. The topological polar surface area (TPSA) is 92.9 Å². The van der Waals surface area contributed by atoms with Crippen LogP contribution >= 0.6 is 0 Å². The van der Waals surface area contributed by atoms with Crippen molar-refractivity contribution >= 4 is 11.6 Å². The van der Waals surface area contributed by atoms with Crippen molar-refractivity contribution in [2.24, 2.45) is 0 Å². The van der Waals surface area contributed by atoms with E-state index in [4.69, 9.17) is 4.74 Å². The molecule has 0 spiro atoms. The molecule has 1 aromatic rings. The quantitative estimate of drug-likeness (QED) is 0.667. The molecule has 2 aliphatic rings. The molecule has 1 saturated heterocycles. The molecule has 1 N–H and O–H groups in total. The molecule has 1 heterocycles. The number of benzene rings is 1. The van der Waals surface area contributed by atoms with Crippen LogP contribution in [-0.2, 0) is 4.74 Å². The monoisotopic (exact) mass is 306 g/mol. The van der Waals surface area contributed by atoms with Crippen molar-refractivity contribution in [3.63, 3.8) is 0 Å². The number of phenolic OH excluding ortho intramolecular Hbond substituents is 1. The second kappa shape index (κ2) is 5.92. The number of phenols is 1. The standard InChI is InChI=1S/C15H18N2O5/c18-14-10(4-3-6-12(14)17(20)21)15(19)16-8-9-22-13-7-2-1-5-11(13)16/h3-4,6,11,13,18H,1-2,5,7-9H2/t11-,13+/m1/s1. The Bertz CT molecular complexity index is 602. The zero-order chi connectivity index (χ0) is 15.7. The Balaban J connectivity index is 1.90. The summed E-state index contributed by atoms with van der Waals surface area (Å²) in [5.74, 6) is -0.919. The lowest BCUT2D eigenvalue weighted by Gasteiger charge is -2.43. The summed E-state index contributed by atoms with van der Waals surface area (Å²) in [5, 5.41) is 20.9. The molecule has 1 saturated carbocycles. The van der Waals surface area contributed by atoms with Crippen LogP contribution in [0.2, 0.25) is 0 Å². The first kappa shape index (κ1) is 14.8. The van der Waals surface area contributed by atoms with Crippen LogP contribution < -0.4 is 0 Å². The molecule has 0 unspecified atom stereocenters. The van der Waals surface area contributed by atoms with Crippen LogP contribution in [0, 0.1) is 10.1 Å². The van der Waals surface area contributed by atoms with E-state index < -0.39 is 16.4 Å². The summed E-state index contributed by atoms with van der Waals surface area (Å²) in [6.07, 6.45) is 3.95. The third kappa shape index (κ3) is 2.52. The predicted molar refractivity (Wildman–Crippen MR) is 77.8 cm³/mol. The Kier molecular flexibility index (Phi) is 3.98. The van der Waals surface area contributed by atoms with Gasteiger partial charge < -0.3 is 14.7 Å². The molecule has 1 amide bonds. The number of fused-ring (bicyclic) bond motifs is 1. The maximum atomic E-state index is 12.7. The van der Waals surface area contributed by atoms with E-state index in [0.29, 0.717) is 13.2 Å². The summed E-state index contributed by atoms with van der Waals surface area (Å²) in [5.41, 5.74) is -0.459. The number of rotatable bonds is 2. The summed E-state index contributed by atoms with van der Waals surface area (Å²) in [4.78, 5) is 24.7. The van der Waals surface area contributed by atoms with Gasteiger partial charge in [-0.25, -0.2) is 0 Å². The summed E-state index contributed by atoms with van der Waals surface area (Å²) >= 11 is 0. The average Bonchev–Trinajstić information content (AvgIpc) is 2.53. The van der Waals surface area contributed by atoms with E-state index in [9.17, 15) is 20.0 Å². The molecule has 0 radical (unpaired) electrons. The van der Waals surface area contributed by atoms with E-state index in [-0.39, 0.29) is 23.6 Å². The molecule has 7 heteroatoms. The molecule has 118 valence electrons. The molecular formula is C15H18N2O5. The maximum Gasteiger partial charge on any atom is 0.311 e. The largest absolute Gasteiger partial charge is 0.502 e. The average molecular weight is 306 g/mol. The Morgan fingerprint density at radius 1 is 1.36 bits per heavy atom. The van der Waals surface area contributed by atoms with Gasteiger partial charge in [-0.1, -0.05) is 18.9 Å². The smallest absolute Gasteiger partial charge is 0.311 e. The number of hydrogen-bond acceptors (Lipinski definition) is 5. The van der Waals surface area contributed by atoms with Crippen LogP contribution in [-0.4, -0.2) is 46.1 Å². The minimum Gasteiger partial charge on any atom is -0.502 e. The number of nitro groups is 1. The number of aromatic hydroxyl groups is 1. The Morgan fingerprint density at radius 2 is 2.14 bits per heavy atom. The van der Waals surface area contributed by atoms with Gasteiger partial charge in [0.15, 0.2) is 0 Å². The highest BCUT2D eigenvalue weighted by Gasteiger charge is 2.38. The minimum atomic E-state index is -0.686. The summed E-state index contributed by atoms with van der Waals surface area (Å²) < 4.78 is 5.73. The SMILES string of the molecule is O=C(c1cccc([N+](=O)[O-])c1O)N1CCO[C@H]2CCCC[C@H]21. The number of ether oxygens (including phenoxy) is 1. The van der Waals surface area contributed by atoms with Gasteiger partial charge in [-0.15, -0.1) is 0 Å². The number of hydrogen-bond donors (Lipinski definition) is 1. The van der Waals surface area contributed by atoms with Crippen LogP contribution in [0.15, 0.2) is 18.2 Å². The lowest BCUT2D eigenvalue weighted by molar-refractivity contribution is -0.385. The van der Waals surface area contributed by atoms with Crippen molar-refractivity contribution in [2.75, 3.05) is 13.2 Å². The Morgan fingerprint density at radius 3 is 2.91 bits per heavy atom. The van der Waals surface area contributed by atoms with Crippen LogP contribution in [0.3, 0.4) is 0 Å². The van der Waals surface area contributed by atoms with E-state index in [2.05, 4.69) is 0 Å². The molecule has 3 rings (SSSR count). The fourth-order valence-corrected chi connectivity index (χ4v) is 3.35. The highest BCUT2D eigenvalue weighted by atomic mass is 16.6. The molecule has 1 aliphatic carbocycles. The van der Waals surface area contributed by atoms with Gasteiger partial charge in [0.1, 0.15) is 0 Å². The number of carbonyl (C=O) groups excluding carboxylic acids is 1. The molecule has 22 heavy (non-hydrogen) atoms. The third-order valence-electron chi connectivity index (χ3n) is 4.43. The van der Waals surface area contributed by atoms with Gasteiger partial charge in [-0.3, -0.25) is 14.9 Å². The van der Waals surface area contributed by atoms with Crippen molar-refractivity contribution < 1.29 is 19.6 Å². The number of nitrogens with zero attached hydrogens (tertiary/aromatic N) is 2. The Hall–Kier alpha value is -2.15. The number of amides is 1. The molecular weight excluding hydrogens is 288 g/mol. The number of para-hydroxylation sites is 1. The first-order valence-electron chi connectivity index (χ1n) is 7.48. The van der Waals surface area contributed by atoms with Gasteiger partial charge in [0, 0.05) is 12.6 Å². The van der Waals surface area contributed by atoms with Crippen molar-refractivity contribution in [1.29, 1.82) is 0 Å². The van der Waals surface area contributed by atoms with E-state index in [1.807, 2.05) is 0 Å². The van der Waals surface area contributed by atoms with Crippen LogP contribution in [0.1, 0.15) is 36.0 Å². The molecule has 2 atom stereocenters. The van der Waals surface area contributed by atoms with Crippen LogP contribution in [0.5, 0.6) is 5.75 Å². The molecule has 2 fully saturated rings. The van der Waals surface area contributed by atoms with E-state index in [1.165, 1.54) is 18.2 Å². The van der Waals surface area contributed by atoms with Crippen molar-refractivity contribution in [3.8, 4) is 5.75 Å². The number of carbonyl (C=O) groups is 1. The number of nitro benzene ring substituents is 1. The molecule has 1 aromatic carbocycles. The molecule has 0 aromatic heterocycles. The highest BCUT2D eigenvalue weighted by molar-refractivity contribution is 5.98. The summed E-state index contributed by atoms with van der Waals surface area (Å²) in [6.45, 7) is 0.907. The van der Waals surface area contributed by atoms with E-state index >= 15 is 0 Å². The molecule has 7 nitrogen and oxygen atoms in total. The van der Waals surface area contributed by atoms with E-state index in [0.717, 1.165) is 25.7 Å². The van der Waals surface area contributed by atoms with Crippen LogP contribution in [0.4, 0.5) is 5.69 Å². The fourth-order valence-electron chi connectivity index (χ4n) is 3.35. The Labute approximate surface area is 127 Å². The van der Waals surface area contributed by atoms with Crippen molar-refractivity contribution in [2.45, 2.75) is 37.8 Å². The summed E-state index contributed by atoms with van der Waals surface area (Å²) in [6, 6.07) is 4.03. The fraction of sp³-hybridized carbons (Fsp3) is 0.533. The first-order chi connectivity index (χ1) is 10.6. The zero-order valence-electron chi connectivity index (χ0n) is 12.1. The van der Waals surface area contributed by atoms with E-state index in [1.54, 1.807) is 4.90 Å². The van der Waals surface area contributed by atoms with Gasteiger partial charge in [-0.2, -0.15) is 0 Å². The molecule has 1 aliphatic heterocycles. The predicted octanol–water partition coefficient (Wildman–Crippen LogP) is 2.08. The maximum absolute atomic E-state index is 12.7. The second-order valence-electron chi connectivity index (χ2n) is 5.69. The van der Waals surface area contributed by atoms with Gasteiger partial charge >= 0.3 is 5.69 Å². The third-order valence-corrected chi connectivity index (χ3v) is 4.43. The van der Waals surface area contributed by atoms with Crippen molar-refractivity contribution in [3.05, 3.63) is 33.9 Å². The minimum absolute atomic E-state index is 0.00587. The lowest BCUT2D eigenvalue weighted by atomic mass is 9.89. The normalized spacial score (nSPS) is 24.6.